The van der Waals surface area contributed by atoms with Gasteiger partial charge in [-0.3, -0.25) is 0 Å². The lowest BCUT2D eigenvalue weighted by Gasteiger charge is -1.88. The molecular weight excluding hydrogens is 196 g/mol. The molecule has 0 saturated carbocycles. The summed E-state index contributed by atoms with van der Waals surface area (Å²) in [6.45, 7) is 0. The van der Waals surface area contributed by atoms with Crippen LogP contribution in [0.1, 0.15) is 10.6 Å². The number of hydrogen-bond donors (Lipinski definition) is 1. The molecule has 2 aromatic heterocycles. The summed E-state index contributed by atoms with van der Waals surface area (Å²) in [5.41, 5.74) is 1.21. The molecule has 0 aliphatic heterocycles. The van der Waals surface area contributed by atoms with Crippen molar-refractivity contribution in [1.82, 2.24) is 0 Å². The van der Waals surface area contributed by atoms with Crippen molar-refractivity contribution in [3.8, 4) is 0 Å². The molecule has 2 heterocycles. The maximum atomic E-state index is 10.7. The van der Waals surface area contributed by atoms with Crippen molar-refractivity contribution in [1.29, 1.82) is 0 Å². The predicted molar refractivity (Wildman–Crippen MR) is 52.9 cm³/mol. The van der Waals surface area contributed by atoms with Gasteiger partial charge in [-0.05, 0) is 18.2 Å². The summed E-state index contributed by atoms with van der Waals surface area (Å²) in [6.07, 6.45) is 1.58. The summed E-state index contributed by atoms with van der Waals surface area (Å²) in [6, 6.07) is 6.85. The van der Waals surface area contributed by atoms with Crippen LogP contribution in [0.3, 0.4) is 0 Å². The zero-order valence-corrected chi connectivity index (χ0v) is 7.56. The minimum absolute atomic E-state index is 0.0577. The first-order valence-electron chi connectivity index (χ1n) is 4.38. The molecule has 3 rings (SSSR count). The average molecular weight is 202 g/mol. The zero-order valence-electron chi connectivity index (χ0n) is 7.56. The van der Waals surface area contributed by atoms with Gasteiger partial charge in [0.2, 0.25) is 5.76 Å². The van der Waals surface area contributed by atoms with Crippen LogP contribution in [0.15, 0.2) is 39.4 Å². The number of fused-ring (bicyclic) bond motifs is 2. The van der Waals surface area contributed by atoms with Gasteiger partial charge in [0.1, 0.15) is 11.2 Å². The number of benzene rings is 1. The highest BCUT2D eigenvalue weighted by molar-refractivity contribution is 5.97. The Morgan fingerprint density at radius 1 is 1.13 bits per heavy atom. The standard InChI is InChI=1S/C11H6O4/c12-11(13)10-4-7-3-6-1-2-14-8(6)5-9(7)15-10/h1-5H,(H,12,13). The van der Waals surface area contributed by atoms with E-state index in [0.717, 1.165) is 10.8 Å². The van der Waals surface area contributed by atoms with Crippen LogP contribution in [-0.2, 0) is 0 Å². The van der Waals surface area contributed by atoms with Crippen LogP contribution in [0.25, 0.3) is 21.9 Å². The van der Waals surface area contributed by atoms with Crippen LogP contribution >= 0.6 is 0 Å². The summed E-state index contributed by atoms with van der Waals surface area (Å²) in [5.74, 6) is -1.12. The normalized spacial score (nSPS) is 11.2. The van der Waals surface area contributed by atoms with E-state index in [2.05, 4.69) is 0 Å². The Balaban J connectivity index is 2.38. The Bertz CT molecular complexity index is 611. The third-order valence-corrected chi connectivity index (χ3v) is 2.30. The summed E-state index contributed by atoms with van der Waals surface area (Å²) < 4.78 is 10.3. The molecule has 0 amide bonds. The van der Waals surface area contributed by atoms with Crippen molar-refractivity contribution in [2.45, 2.75) is 0 Å². The second-order valence-electron chi connectivity index (χ2n) is 3.26. The number of carboxylic acids is 1. The Hall–Kier alpha value is -2.23. The molecule has 0 aliphatic carbocycles. The highest BCUT2D eigenvalue weighted by Crippen LogP contribution is 2.26. The molecule has 1 aromatic carbocycles. The van der Waals surface area contributed by atoms with E-state index in [1.807, 2.05) is 12.1 Å². The highest BCUT2D eigenvalue weighted by Gasteiger charge is 2.11. The number of carbonyl (C=O) groups is 1. The van der Waals surface area contributed by atoms with Crippen molar-refractivity contribution in [2.75, 3.05) is 0 Å². The van der Waals surface area contributed by atoms with Gasteiger partial charge in [0.15, 0.2) is 0 Å². The molecule has 4 heteroatoms. The van der Waals surface area contributed by atoms with Crippen LogP contribution in [0.2, 0.25) is 0 Å². The second-order valence-corrected chi connectivity index (χ2v) is 3.26. The molecule has 3 aromatic rings. The van der Waals surface area contributed by atoms with Crippen molar-refractivity contribution in [2.24, 2.45) is 0 Å². The second kappa shape index (κ2) is 2.63. The third-order valence-electron chi connectivity index (χ3n) is 2.30. The quantitative estimate of drug-likeness (QED) is 0.658. The van der Waals surface area contributed by atoms with Crippen LogP contribution in [-0.4, -0.2) is 11.1 Å². The van der Waals surface area contributed by atoms with Crippen LogP contribution in [0.4, 0.5) is 0 Å². The monoisotopic (exact) mass is 202 g/mol. The van der Waals surface area contributed by atoms with Gasteiger partial charge in [-0.25, -0.2) is 4.79 Å². The third kappa shape index (κ3) is 1.11. The maximum Gasteiger partial charge on any atom is 0.371 e. The molecule has 0 bridgehead atoms. The number of hydrogen-bond acceptors (Lipinski definition) is 3. The van der Waals surface area contributed by atoms with E-state index in [9.17, 15) is 4.79 Å². The molecule has 15 heavy (non-hydrogen) atoms. The fraction of sp³-hybridized carbons (Fsp3) is 0. The maximum absolute atomic E-state index is 10.7. The fourth-order valence-corrected chi connectivity index (χ4v) is 1.60. The lowest BCUT2D eigenvalue weighted by molar-refractivity contribution is 0.0665. The minimum atomic E-state index is -1.07. The molecular formula is C11H6O4. The van der Waals surface area contributed by atoms with Gasteiger partial charge in [0, 0.05) is 16.8 Å². The van der Waals surface area contributed by atoms with Crippen LogP contribution in [0, 0.1) is 0 Å². The molecule has 0 fully saturated rings. The first-order chi connectivity index (χ1) is 7.24. The van der Waals surface area contributed by atoms with Crippen molar-refractivity contribution in [3.05, 3.63) is 36.3 Å². The van der Waals surface area contributed by atoms with Crippen molar-refractivity contribution < 1.29 is 18.7 Å². The molecule has 74 valence electrons. The summed E-state index contributed by atoms with van der Waals surface area (Å²) >= 11 is 0. The van der Waals surface area contributed by atoms with Crippen molar-refractivity contribution >= 4 is 27.9 Å². The van der Waals surface area contributed by atoms with Gasteiger partial charge in [0.05, 0.1) is 6.26 Å². The first kappa shape index (κ1) is 8.11. The average Bonchev–Trinajstić information content (AvgIpc) is 2.77. The fourth-order valence-electron chi connectivity index (χ4n) is 1.60. The SMILES string of the molecule is O=C(O)c1cc2cc3ccoc3cc2o1. The highest BCUT2D eigenvalue weighted by atomic mass is 16.4. The van der Waals surface area contributed by atoms with Gasteiger partial charge in [-0.2, -0.15) is 0 Å². The Morgan fingerprint density at radius 3 is 2.80 bits per heavy atom. The molecule has 0 aliphatic rings. The van der Waals surface area contributed by atoms with E-state index in [1.165, 1.54) is 6.07 Å². The van der Waals surface area contributed by atoms with E-state index < -0.39 is 5.97 Å². The molecule has 1 N–H and O–H groups in total. The predicted octanol–water partition coefficient (Wildman–Crippen LogP) is 2.88. The minimum Gasteiger partial charge on any atom is -0.475 e. The Kier molecular flexibility index (Phi) is 1.42. The van der Waals surface area contributed by atoms with Gasteiger partial charge in [-0.1, -0.05) is 0 Å². The van der Waals surface area contributed by atoms with Crippen molar-refractivity contribution in [3.63, 3.8) is 0 Å². The van der Waals surface area contributed by atoms with Gasteiger partial charge >= 0.3 is 5.97 Å². The number of furan rings is 2. The van der Waals surface area contributed by atoms with Crippen LogP contribution < -0.4 is 0 Å². The summed E-state index contributed by atoms with van der Waals surface area (Å²) in [4.78, 5) is 10.7. The molecule has 0 atom stereocenters. The molecule has 0 radical (unpaired) electrons. The van der Waals surface area contributed by atoms with E-state index in [0.29, 0.717) is 11.2 Å². The molecule has 4 nitrogen and oxygen atoms in total. The van der Waals surface area contributed by atoms with E-state index in [1.54, 1.807) is 12.3 Å². The van der Waals surface area contributed by atoms with E-state index in [4.69, 9.17) is 13.9 Å². The Labute approximate surface area is 83.7 Å². The zero-order chi connectivity index (χ0) is 10.4. The van der Waals surface area contributed by atoms with E-state index in [-0.39, 0.29) is 5.76 Å². The summed E-state index contributed by atoms with van der Waals surface area (Å²) in [7, 11) is 0. The smallest absolute Gasteiger partial charge is 0.371 e. The number of carboxylic acid groups (broad SMARTS) is 1. The number of aromatic carboxylic acids is 1. The van der Waals surface area contributed by atoms with Gasteiger partial charge in [-0.15, -0.1) is 0 Å². The van der Waals surface area contributed by atoms with Gasteiger partial charge in [0.25, 0.3) is 0 Å². The Morgan fingerprint density at radius 2 is 2.00 bits per heavy atom. The largest absolute Gasteiger partial charge is 0.475 e. The lowest BCUT2D eigenvalue weighted by Crippen LogP contribution is -1.91. The molecule has 0 unspecified atom stereocenters. The molecule has 0 spiro atoms. The van der Waals surface area contributed by atoms with Crippen LogP contribution in [0.5, 0.6) is 0 Å². The summed E-state index contributed by atoms with van der Waals surface area (Å²) in [5, 5.41) is 10.5. The topological polar surface area (TPSA) is 63.6 Å². The number of rotatable bonds is 1. The van der Waals surface area contributed by atoms with E-state index >= 15 is 0 Å². The molecule has 0 saturated heterocycles. The lowest BCUT2D eigenvalue weighted by atomic mass is 10.2. The first-order valence-corrected chi connectivity index (χ1v) is 4.38. The van der Waals surface area contributed by atoms with Gasteiger partial charge < -0.3 is 13.9 Å².